The molecule has 1 aromatic carbocycles. The van der Waals surface area contributed by atoms with E-state index in [1.165, 1.54) is 12.0 Å². The number of benzene rings is 1. The van der Waals surface area contributed by atoms with Crippen LogP contribution in [0.4, 0.5) is 0 Å². The Hall–Kier alpha value is -2.08. The molecule has 1 amide bonds. The van der Waals surface area contributed by atoms with E-state index in [0.29, 0.717) is 24.3 Å². The molecule has 0 unspecified atom stereocenters. The van der Waals surface area contributed by atoms with Gasteiger partial charge in [0.1, 0.15) is 11.8 Å². The number of ether oxygens (including phenoxy) is 2. The van der Waals surface area contributed by atoms with Crippen molar-refractivity contribution >= 4 is 11.9 Å². The number of hydrogen-bond acceptors (Lipinski definition) is 5. The Balaban J connectivity index is 2.19. The van der Waals surface area contributed by atoms with Gasteiger partial charge in [0.25, 0.3) is 5.91 Å². The highest BCUT2D eigenvalue weighted by Gasteiger charge is 2.39. The Labute approximate surface area is 117 Å². The maximum Gasteiger partial charge on any atom is 0.328 e. The molecule has 2 atom stereocenters. The van der Waals surface area contributed by atoms with Gasteiger partial charge in [0.2, 0.25) is 0 Å². The fourth-order valence-electron chi connectivity index (χ4n) is 2.35. The minimum atomic E-state index is -0.607. The van der Waals surface area contributed by atoms with E-state index in [2.05, 4.69) is 0 Å². The summed E-state index contributed by atoms with van der Waals surface area (Å²) in [5, 5.41) is 0. The molecule has 0 bridgehead atoms. The molecule has 1 heterocycles. The Morgan fingerprint density at radius 1 is 1.25 bits per heavy atom. The summed E-state index contributed by atoms with van der Waals surface area (Å²) < 4.78 is 9.78. The second-order valence-corrected chi connectivity index (χ2v) is 4.72. The van der Waals surface area contributed by atoms with E-state index in [1.54, 1.807) is 31.4 Å². The van der Waals surface area contributed by atoms with Crippen LogP contribution in [0.2, 0.25) is 0 Å². The average molecular weight is 278 g/mol. The van der Waals surface area contributed by atoms with Crippen LogP contribution in [0.5, 0.6) is 5.75 Å². The monoisotopic (exact) mass is 278 g/mol. The smallest absolute Gasteiger partial charge is 0.328 e. The third-order valence-corrected chi connectivity index (χ3v) is 3.40. The van der Waals surface area contributed by atoms with Gasteiger partial charge in [-0.15, -0.1) is 0 Å². The van der Waals surface area contributed by atoms with Crippen molar-refractivity contribution in [1.29, 1.82) is 0 Å². The molecule has 0 radical (unpaired) electrons. The predicted molar refractivity (Wildman–Crippen MR) is 72.4 cm³/mol. The molecule has 1 aliphatic rings. The average Bonchev–Trinajstić information content (AvgIpc) is 2.87. The van der Waals surface area contributed by atoms with Crippen LogP contribution in [-0.2, 0) is 9.53 Å². The number of carbonyl (C=O) groups is 2. The zero-order valence-corrected chi connectivity index (χ0v) is 11.5. The first-order valence-corrected chi connectivity index (χ1v) is 6.35. The van der Waals surface area contributed by atoms with Gasteiger partial charge in [-0.2, -0.15) is 0 Å². The summed E-state index contributed by atoms with van der Waals surface area (Å²) >= 11 is 0. The van der Waals surface area contributed by atoms with Crippen molar-refractivity contribution in [2.24, 2.45) is 5.73 Å². The number of esters is 1. The second kappa shape index (κ2) is 5.92. The maximum absolute atomic E-state index is 12.4. The summed E-state index contributed by atoms with van der Waals surface area (Å²) in [5.74, 6) is 0.0139. The highest BCUT2D eigenvalue weighted by molar-refractivity contribution is 5.97. The van der Waals surface area contributed by atoms with Crippen LogP contribution in [0.15, 0.2) is 24.3 Å². The van der Waals surface area contributed by atoms with E-state index < -0.39 is 12.0 Å². The van der Waals surface area contributed by atoms with Crippen LogP contribution < -0.4 is 10.5 Å². The molecule has 20 heavy (non-hydrogen) atoms. The molecule has 0 spiro atoms. The summed E-state index contributed by atoms with van der Waals surface area (Å²) in [5.41, 5.74) is 6.34. The summed E-state index contributed by atoms with van der Waals surface area (Å²) in [6.45, 7) is 0.352. The number of rotatable bonds is 3. The summed E-state index contributed by atoms with van der Waals surface area (Å²) in [4.78, 5) is 25.6. The zero-order valence-electron chi connectivity index (χ0n) is 11.5. The van der Waals surface area contributed by atoms with E-state index in [0.717, 1.165) is 0 Å². The molecule has 1 saturated heterocycles. The van der Waals surface area contributed by atoms with Crippen molar-refractivity contribution in [3.8, 4) is 5.75 Å². The molecule has 0 saturated carbocycles. The summed E-state index contributed by atoms with van der Waals surface area (Å²) in [6, 6.07) is 5.93. The molecule has 2 N–H and O–H groups in total. The normalized spacial score (nSPS) is 21.6. The zero-order chi connectivity index (χ0) is 14.7. The molecule has 0 aromatic heterocycles. The van der Waals surface area contributed by atoms with E-state index >= 15 is 0 Å². The first kappa shape index (κ1) is 14.3. The van der Waals surface area contributed by atoms with E-state index in [1.807, 2.05) is 0 Å². The Morgan fingerprint density at radius 3 is 2.45 bits per heavy atom. The molecule has 1 fully saturated rings. The van der Waals surface area contributed by atoms with Gasteiger partial charge >= 0.3 is 5.97 Å². The van der Waals surface area contributed by atoms with Crippen molar-refractivity contribution < 1.29 is 19.1 Å². The Kier molecular flexibility index (Phi) is 4.24. The van der Waals surface area contributed by atoms with Crippen molar-refractivity contribution in [3.63, 3.8) is 0 Å². The molecule has 0 aliphatic carbocycles. The molecular weight excluding hydrogens is 260 g/mol. The van der Waals surface area contributed by atoms with Crippen molar-refractivity contribution in [3.05, 3.63) is 29.8 Å². The van der Waals surface area contributed by atoms with E-state index in [-0.39, 0.29) is 11.9 Å². The second-order valence-electron chi connectivity index (χ2n) is 4.72. The van der Waals surface area contributed by atoms with E-state index in [4.69, 9.17) is 15.2 Å². The fourth-order valence-corrected chi connectivity index (χ4v) is 2.35. The molecule has 6 nitrogen and oxygen atoms in total. The topological polar surface area (TPSA) is 81.9 Å². The summed E-state index contributed by atoms with van der Waals surface area (Å²) in [6.07, 6.45) is 0.425. The largest absolute Gasteiger partial charge is 0.497 e. The van der Waals surface area contributed by atoms with E-state index in [9.17, 15) is 9.59 Å². The first-order chi connectivity index (χ1) is 9.56. The molecule has 1 aromatic rings. The van der Waals surface area contributed by atoms with Crippen LogP contribution in [0.1, 0.15) is 16.8 Å². The lowest BCUT2D eigenvalue weighted by molar-refractivity contribution is -0.145. The number of nitrogens with two attached hydrogens (primary N) is 1. The van der Waals surface area contributed by atoms with Crippen LogP contribution in [0.25, 0.3) is 0 Å². The van der Waals surface area contributed by atoms with Crippen LogP contribution >= 0.6 is 0 Å². The van der Waals surface area contributed by atoms with Gasteiger partial charge in [0.05, 0.1) is 14.2 Å². The molecule has 6 heteroatoms. The van der Waals surface area contributed by atoms with Crippen molar-refractivity contribution in [2.45, 2.75) is 18.5 Å². The Morgan fingerprint density at radius 2 is 1.90 bits per heavy atom. The summed E-state index contributed by atoms with van der Waals surface area (Å²) in [7, 11) is 2.87. The minimum Gasteiger partial charge on any atom is -0.497 e. The molecule has 108 valence electrons. The van der Waals surface area contributed by atoms with Gasteiger partial charge in [0.15, 0.2) is 0 Å². The van der Waals surface area contributed by atoms with Crippen LogP contribution in [0, 0.1) is 0 Å². The SMILES string of the molecule is COC(=O)[C@@H]1C[C@@H](N)CN1C(=O)c1ccc(OC)cc1. The van der Waals surface area contributed by atoms with Crippen molar-refractivity contribution in [1.82, 2.24) is 4.90 Å². The third kappa shape index (κ3) is 2.75. The lowest BCUT2D eigenvalue weighted by Crippen LogP contribution is -2.41. The lowest BCUT2D eigenvalue weighted by Gasteiger charge is -2.22. The number of carbonyl (C=O) groups excluding carboxylic acids is 2. The van der Waals surface area contributed by atoms with Gasteiger partial charge in [-0.1, -0.05) is 0 Å². The highest BCUT2D eigenvalue weighted by Crippen LogP contribution is 2.21. The first-order valence-electron chi connectivity index (χ1n) is 6.35. The maximum atomic E-state index is 12.4. The van der Waals surface area contributed by atoms with Gasteiger partial charge in [-0.3, -0.25) is 4.79 Å². The van der Waals surface area contributed by atoms with Gasteiger partial charge in [-0.25, -0.2) is 4.79 Å². The van der Waals surface area contributed by atoms with Gasteiger partial charge < -0.3 is 20.1 Å². The van der Waals surface area contributed by atoms with Crippen molar-refractivity contribution in [2.75, 3.05) is 20.8 Å². The van der Waals surface area contributed by atoms with Gasteiger partial charge in [0, 0.05) is 18.2 Å². The molecule has 2 rings (SSSR count). The number of nitrogens with zero attached hydrogens (tertiary/aromatic N) is 1. The third-order valence-electron chi connectivity index (χ3n) is 3.40. The predicted octanol–water partition coefficient (Wildman–Crippen LogP) is 0.410. The fraction of sp³-hybridized carbons (Fsp3) is 0.429. The standard InChI is InChI=1S/C14H18N2O4/c1-19-11-5-3-9(4-6-11)13(17)16-8-10(15)7-12(16)14(18)20-2/h3-6,10,12H,7-8,15H2,1-2H3/t10-,12+/m1/s1. The number of likely N-dealkylation sites (tertiary alicyclic amines) is 1. The minimum absolute atomic E-state index is 0.207. The van der Waals surface area contributed by atoms with Gasteiger partial charge in [-0.05, 0) is 30.7 Å². The van der Waals surface area contributed by atoms with Crippen LogP contribution in [-0.4, -0.2) is 49.6 Å². The highest BCUT2D eigenvalue weighted by atomic mass is 16.5. The molecular formula is C14H18N2O4. The number of methoxy groups -OCH3 is 2. The van der Waals surface area contributed by atoms with Crippen LogP contribution in [0.3, 0.4) is 0 Å². The molecule has 1 aliphatic heterocycles. The quantitative estimate of drug-likeness (QED) is 0.810. The lowest BCUT2D eigenvalue weighted by atomic mass is 10.1. The number of amides is 1. The number of hydrogen-bond donors (Lipinski definition) is 1. The Bertz CT molecular complexity index is 500.